The van der Waals surface area contributed by atoms with Gasteiger partial charge in [0.1, 0.15) is 5.69 Å². The Morgan fingerprint density at radius 3 is 2.68 bits per heavy atom. The van der Waals surface area contributed by atoms with Crippen LogP contribution in [0.15, 0.2) is 34.9 Å². The van der Waals surface area contributed by atoms with Crippen molar-refractivity contribution >= 4 is 11.8 Å². The Kier molecular flexibility index (Phi) is 5.95. The number of hydrogen-bond donors (Lipinski definition) is 0. The maximum Gasteiger partial charge on any atom is 0.232 e. The number of ether oxygens (including phenoxy) is 1. The molecule has 150 valence electrons. The van der Waals surface area contributed by atoms with Crippen molar-refractivity contribution in [1.29, 1.82) is 0 Å². The second-order valence-electron chi connectivity index (χ2n) is 7.64. The third-order valence-corrected chi connectivity index (χ3v) is 5.66. The van der Waals surface area contributed by atoms with Crippen LogP contribution >= 0.6 is 0 Å². The number of amides is 1. The molecule has 2 aromatic rings. The molecule has 0 saturated carbocycles. The lowest BCUT2D eigenvalue weighted by Crippen LogP contribution is -2.37. The standard InChI is InChI=1S/C22H29N3O3/c1-2-20(26)25(15-18-11-8-14-27-18)16-19-21(17-9-4-3-5-10-17)23-28-22(19)24-12-6-7-13-24/h3-5,9-10,18H,2,6-8,11-16H2,1H3/t18-/m1/s1. The van der Waals surface area contributed by atoms with Crippen LogP contribution < -0.4 is 4.90 Å². The first kappa shape index (κ1) is 19.0. The number of aromatic nitrogens is 1. The fourth-order valence-corrected chi connectivity index (χ4v) is 4.14. The number of carbonyl (C=O) groups excluding carboxylic acids is 1. The number of benzene rings is 1. The van der Waals surface area contributed by atoms with Crippen molar-refractivity contribution < 1.29 is 14.1 Å². The molecule has 1 aromatic carbocycles. The molecule has 0 aliphatic carbocycles. The van der Waals surface area contributed by atoms with E-state index in [1.807, 2.05) is 42.2 Å². The molecule has 6 nitrogen and oxygen atoms in total. The highest BCUT2D eigenvalue weighted by atomic mass is 16.5. The van der Waals surface area contributed by atoms with E-state index < -0.39 is 0 Å². The Morgan fingerprint density at radius 1 is 1.21 bits per heavy atom. The molecule has 28 heavy (non-hydrogen) atoms. The molecule has 1 aromatic heterocycles. The number of rotatable bonds is 7. The predicted octanol–water partition coefficient (Wildman–Crippen LogP) is 3.86. The highest BCUT2D eigenvalue weighted by molar-refractivity contribution is 5.77. The van der Waals surface area contributed by atoms with Crippen LogP contribution in [0, 0.1) is 0 Å². The summed E-state index contributed by atoms with van der Waals surface area (Å²) in [6.45, 7) is 5.80. The molecule has 2 fully saturated rings. The van der Waals surface area contributed by atoms with Crippen molar-refractivity contribution in [1.82, 2.24) is 10.1 Å². The van der Waals surface area contributed by atoms with Gasteiger partial charge in [-0.15, -0.1) is 0 Å². The van der Waals surface area contributed by atoms with E-state index in [1.165, 1.54) is 0 Å². The van der Waals surface area contributed by atoms with E-state index in [2.05, 4.69) is 10.1 Å². The Hall–Kier alpha value is -2.34. The molecule has 3 heterocycles. The van der Waals surface area contributed by atoms with E-state index in [-0.39, 0.29) is 12.0 Å². The molecule has 0 radical (unpaired) electrons. The van der Waals surface area contributed by atoms with Crippen LogP contribution in [0.2, 0.25) is 0 Å². The van der Waals surface area contributed by atoms with E-state index in [0.717, 1.165) is 68.1 Å². The minimum atomic E-state index is 0.130. The fourth-order valence-electron chi connectivity index (χ4n) is 4.14. The van der Waals surface area contributed by atoms with Gasteiger partial charge in [-0.2, -0.15) is 0 Å². The Bertz CT molecular complexity index is 778. The summed E-state index contributed by atoms with van der Waals surface area (Å²) in [4.78, 5) is 16.9. The van der Waals surface area contributed by atoms with Crippen molar-refractivity contribution in [2.45, 2.75) is 51.7 Å². The Morgan fingerprint density at radius 2 is 2.00 bits per heavy atom. The monoisotopic (exact) mass is 383 g/mol. The first-order chi connectivity index (χ1) is 13.8. The predicted molar refractivity (Wildman–Crippen MR) is 108 cm³/mol. The van der Waals surface area contributed by atoms with E-state index in [9.17, 15) is 4.79 Å². The van der Waals surface area contributed by atoms with Gasteiger partial charge in [0.15, 0.2) is 0 Å². The van der Waals surface area contributed by atoms with Crippen molar-refractivity contribution in [2.24, 2.45) is 0 Å². The lowest BCUT2D eigenvalue weighted by Gasteiger charge is -2.26. The fraction of sp³-hybridized carbons (Fsp3) is 0.545. The molecule has 6 heteroatoms. The first-order valence-electron chi connectivity index (χ1n) is 10.4. The molecule has 0 spiro atoms. The van der Waals surface area contributed by atoms with Gasteiger partial charge in [0.25, 0.3) is 0 Å². The van der Waals surface area contributed by atoms with Crippen LogP contribution in [-0.4, -0.2) is 48.3 Å². The molecule has 2 aliphatic rings. The molecule has 4 rings (SSSR count). The summed E-state index contributed by atoms with van der Waals surface area (Å²) in [6.07, 6.45) is 5.02. The zero-order chi connectivity index (χ0) is 19.3. The highest BCUT2D eigenvalue weighted by Crippen LogP contribution is 2.34. The van der Waals surface area contributed by atoms with Crippen LogP contribution in [0.3, 0.4) is 0 Å². The van der Waals surface area contributed by atoms with Gasteiger partial charge >= 0.3 is 0 Å². The van der Waals surface area contributed by atoms with Gasteiger partial charge in [-0.1, -0.05) is 42.4 Å². The topological polar surface area (TPSA) is 58.8 Å². The summed E-state index contributed by atoms with van der Waals surface area (Å²) in [6, 6.07) is 10.1. The van der Waals surface area contributed by atoms with E-state index in [1.54, 1.807) is 0 Å². The van der Waals surface area contributed by atoms with Gasteiger partial charge in [0, 0.05) is 38.2 Å². The third-order valence-electron chi connectivity index (χ3n) is 5.66. The molecular formula is C22H29N3O3. The van der Waals surface area contributed by atoms with Gasteiger partial charge in [-0.3, -0.25) is 4.79 Å². The highest BCUT2D eigenvalue weighted by Gasteiger charge is 2.29. The van der Waals surface area contributed by atoms with Gasteiger partial charge in [0.05, 0.1) is 18.2 Å². The van der Waals surface area contributed by atoms with Crippen molar-refractivity contribution in [3.8, 4) is 11.3 Å². The maximum atomic E-state index is 12.7. The van der Waals surface area contributed by atoms with Crippen molar-refractivity contribution in [3.63, 3.8) is 0 Å². The minimum absolute atomic E-state index is 0.130. The molecule has 2 saturated heterocycles. The van der Waals surface area contributed by atoms with Gasteiger partial charge < -0.3 is 19.1 Å². The molecular weight excluding hydrogens is 354 g/mol. The molecule has 0 unspecified atom stereocenters. The summed E-state index contributed by atoms with van der Waals surface area (Å²) in [5, 5.41) is 4.42. The van der Waals surface area contributed by atoms with Crippen LogP contribution in [0.4, 0.5) is 5.88 Å². The normalized spacial score (nSPS) is 19.3. The minimum Gasteiger partial charge on any atom is -0.376 e. The summed E-state index contributed by atoms with van der Waals surface area (Å²) in [5.74, 6) is 0.959. The molecule has 2 aliphatic heterocycles. The zero-order valence-corrected chi connectivity index (χ0v) is 16.6. The average Bonchev–Trinajstić information content (AvgIpc) is 3.49. The second-order valence-corrected chi connectivity index (χ2v) is 7.64. The molecule has 0 N–H and O–H groups in total. The summed E-state index contributed by atoms with van der Waals surface area (Å²) < 4.78 is 11.6. The average molecular weight is 383 g/mol. The van der Waals surface area contributed by atoms with Gasteiger partial charge in [-0.05, 0) is 25.7 Å². The lowest BCUT2D eigenvalue weighted by atomic mass is 10.1. The summed E-state index contributed by atoms with van der Waals surface area (Å²) >= 11 is 0. The van der Waals surface area contributed by atoms with Crippen LogP contribution in [0.25, 0.3) is 11.3 Å². The molecule has 1 atom stereocenters. The molecule has 0 bridgehead atoms. The SMILES string of the molecule is CCC(=O)N(Cc1c(-c2ccccc2)noc1N1CCCC1)C[C@H]1CCCO1. The van der Waals surface area contributed by atoms with Crippen LogP contribution in [0.5, 0.6) is 0 Å². The largest absolute Gasteiger partial charge is 0.376 e. The van der Waals surface area contributed by atoms with Gasteiger partial charge in [0.2, 0.25) is 11.8 Å². The maximum absolute atomic E-state index is 12.7. The van der Waals surface area contributed by atoms with Crippen LogP contribution in [-0.2, 0) is 16.1 Å². The quantitative estimate of drug-likeness (QED) is 0.727. The zero-order valence-electron chi connectivity index (χ0n) is 16.6. The van der Waals surface area contributed by atoms with Crippen molar-refractivity contribution in [3.05, 3.63) is 35.9 Å². The van der Waals surface area contributed by atoms with Gasteiger partial charge in [-0.25, -0.2) is 0 Å². The number of nitrogens with zero attached hydrogens (tertiary/aromatic N) is 3. The smallest absolute Gasteiger partial charge is 0.232 e. The third kappa shape index (κ3) is 4.07. The van der Waals surface area contributed by atoms with Crippen molar-refractivity contribution in [2.75, 3.05) is 31.1 Å². The number of hydrogen-bond acceptors (Lipinski definition) is 5. The second kappa shape index (κ2) is 8.78. The summed E-state index contributed by atoms with van der Waals surface area (Å²) in [5.41, 5.74) is 2.87. The van der Waals surface area contributed by atoms with E-state index in [4.69, 9.17) is 9.26 Å². The Labute approximate surface area is 166 Å². The number of carbonyl (C=O) groups is 1. The van der Waals surface area contributed by atoms with Crippen LogP contribution in [0.1, 0.15) is 44.6 Å². The lowest BCUT2D eigenvalue weighted by molar-refractivity contribution is -0.133. The number of anilines is 1. The Balaban J connectivity index is 1.66. The first-order valence-corrected chi connectivity index (χ1v) is 10.4. The van der Waals surface area contributed by atoms with E-state index in [0.29, 0.717) is 19.5 Å². The van der Waals surface area contributed by atoms with E-state index >= 15 is 0 Å². The summed E-state index contributed by atoms with van der Waals surface area (Å²) in [7, 11) is 0. The molecule has 1 amide bonds.